The average molecular weight is 681 g/mol. The number of tetrazole rings is 1. The Morgan fingerprint density at radius 1 is 1.12 bits per heavy atom. The highest BCUT2D eigenvalue weighted by atomic mass is 19.3. The van der Waals surface area contributed by atoms with E-state index in [1.807, 2.05) is 0 Å². The van der Waals surface area contributed by atoms with Gasteiger partial charge in [0.15, 0.2) is 11.5 Å². The van der Waals surface area contributed by atoms with Gasteiger partial charge >= 0.3 is 6.61 Å². The second-order valence-electron chi connectivity index (χ2n) is 12.4. The molecule has 3 unspecified atom stereocenters. The minimum absolute atomic E-state index is 0.0279. The molecule has 3 atom stereocenters. The smallest absolute Gasteiger partial charge is 0.387 e. The predicted molar refractivity (Wildman–Crippen MR) is 169 cm³/mol. The van der Waals surface area contributed by atoms with Crippen LogP contribution < -0.4 is 14.8 Å². The van der Waals surface area contributed by atoms with Crippen molar-refractivity contribution in [2.45, 2.75) is 63.8 Å². The number of carbonyl (C=O) groups is 1. The van der Waals surface area contributed by atoms with E-state index in [1.165, 1.54) is 65.8 Å². The number of nitrogens with zero attached hydrogens (tertiary/aromatic N) is 11. The van der Waals surface area contributed by atoms with Crippen LogP contribution in [0.15, 0.2) is 49.1 Å². The van der Waals surface area contributed by atoms with Crippen LogP contribution in [0.25, 0.3) is 16.9 Å². The summed E-state index contributed by atoms with van der Waals surface area (Å²) in [6.07, 6.45) is 7.87. The van der Waals surface area contributed by atoms with Gasteiger partial charge in [-0.05, 0) is 62.8 Å². The van der Waals surface area contributed by atoms with Gasteiger partial charge in [0, 0.05) is 50.7 Å². The largest absolute Gasteiger partial charge is 0.461 e. The van der Waals surface area contributed by atoms with Crippen molar-refractivity contribution in [2.24, 2.45) is 0 Å². The highest BCUT2D eigenvalue weighted by Gasteiger charge is 2.39. The molecule has 5 heterocycles. The summed E-state index contributed by atoms with van der Waals surface area (Å²) in [6.45, 7) is -0.258. The predicted octanol–water partition coefficient (Wildman–Crippen LogP) is 3.52. The number of amides is 1. The van der Waals surface area contributed by atoms with Gasteiger partial charge in [0.25, 0.3) is 5.91 Å². The number of halogens is 3. The summed E-state index contributed by atoms with van der Waals surface area (Å²) in [5, 5.41) is 24.6. The second-order valence-corrected chi connectivity index (χ2v) is 12.4. The van der Waals surface area contributed by atoms with E-state index in [2.05, 4.69) is 59.8 Å². The van der Waals surface area contributed by atoms with E-state index in [4.69, 9.17) is 9.47 Å². The maximum atomic E-state index is 13.8. The van der Waals surface area contributed by atoms with Gasteiger partial charge in [-0.2, -0.15) is 23.8 Å². The maximum Gasteiger partial charge on any atom is 0.387 e. The number of carbonyl (C=O) groups excluding carboxylic acids is 1. The number of likely N-dealkylation sites (tertiary alicyclic amines) is 1. The molecule has 1 aromatic carbocycles. The van der Waals surface area contributed by atoms with Crippen molar-refractivity contribution >= 4 is 17.2 Å². The average Bonchev–Trinajstić information content (AvgIpc) is 3.84. The Bertz CT molecular complexity index is 1940. The first kappa shape index (κ1) is 32.4. The Hall–Kier alpha value is -5.10. The summed E-state index contributed by atoms with van der Waals surface area (Å²) >= 11 is 0. The maximum absolute atomic E-state index is 13.8. The van der Waals surface area contributed by atoms with Crippen LogP contribution in [0, 0.1) is 0 Å². The Kier molecular flexibility index (Phi) is 8.89. The minimum atomic E-state index is -3.17. The van der Waals surface area contributed by atoms with Crippen molar-refractivity contribution in [1.29, 1.82) is 0 Å². The van der Waals surface area contributed by atoms with Crippen LogP contribution in [0.2, 0.25) is 0 Å². The molecule has 2 fully saturated rings. The lowest BCUT2D eigenvalue weighted by Crippen LogP contribution is -2.52. The summed E-state index contributed by atoms with van der Waals surface area (Å²) in [7, 11) is 4.25. The molecule has 1 N–H and O–H groups in total. The molecular formula is C31H35F3N12O3. The molecule has 7 rings (SSSR count). The molecule has 49 heavy (non-hydrogen) atoms. The molecule has 0 radical (unpaired) electrons. The molecule has 1 saturated carbocycles. The van der Waals surface area contributed by atoms with Crippen LogP contribution in [-0.2, 0) is 6.54 Å². The van der Waals surface area contributed by atoms with Crippen molar-refractivity contribution in [3.63, 3.8) is 0 Å². The van der Waals surface area contributed by atoms with Crippen molar-refractivity contribution in [3.05, 3.63) is 60.4 Å². The fraction of sp³-hybridized carbons (Fsp3) is 0.452. The zero-order valence-corrected chi connectivity index (χ0v) is 27.0. The third-order valence-corrected chi connectivity index (χ3v) is 8.87. The number of anilines is 1. The van der Waals surface area contributed by atoms with Gasteiger partial charge in [0.1, 0.15) is 29.3 Å². The molecule has 4 aromatic heterocycles. The molecule has 1 aliphatic carbocycles. The van der Waals surface area contributed by atoms with Crippen molar-refractivity contribution in [2.75, 3.05) is 32.5 Å². The Labute approximate surface area is 278 Å². The van der Waals surface area contributed by atoms with Crippen LogP contribution >= 0.6 is 0 Å². The lowest BCUT2D eigenvalue weighted by molar-refractivity contribution is -0.0495. The number of fused-ring (bicyclic) bond motifs is 1. The number of ether oxygens (including phenoxy) is 2. The second kappa shape index (κ2) is 13.4. The molecule has 18 heteroatoms. The molecule has 1 aliphatic heterocycles. The summed E-state index contributed by atoms with van der Waals surface area (Å²) in [4.78, 5) is 24.1. The number of rotatable bonds is 12. The molecule has 2 aliphatic rings. The van der Waals surface area contributed by atoms with E-state index in [0.29, 0.717) is 23.6 Å². The van der Waals surface area contributed by atoms with Crippen LogP contribution in [0.5, 0.6) is 11.5 Å². The van der Waals surface area contributed by atoms with Crippen LogP contribution in [-0.4, -0.2) is 113 Å². The quantitative estimate of drug-likeness (QED) is 0.207. The fourth-order valence-corrected chi connectivity index (χ4v) is 6.41. The van der Waals surface area contributed by atoms with Crippen LogP contribution in [0.3, 0.4) is 0 Å². The molecule has 15 nitrogen and oxygen atoms in total. The van der Waals surface area contributed by atoms with E-state index in [9.17, 15) is 18.0 Å². The van der Waals surface area contributed by atoms with Gasteiger partial charge in [-0.3, -0.25) is 14.4 Å². The fourth-order valence-electron chi connectivity index (χ4n) is 6.41. The first-order chi connectivity index (χ1) is 23.6. The molecule has 0 bridgehead atoms. The lowest BCUT2D eigenvalue weighted by Gasteiger charge is -2.42. The standard InChI is InChI=1S/C31H35F3N12O3/c1-18(32)48-22-7-8-26(49-31(33)34)23(12-22)28-25(37-30(47)24-13-36-45-10-4-9-35-29(24)45)16-44(40-28)17-27-38-41-46(39-27)21-14-43(15-21)20-6-5-19(11-20)42(2)3/h4,7-10,12-13,16,18-21,31H,5-6,11,14-15,17H2,1-3H3,(H,37,47). The van der Waals surface area contributed by atoms with Gasteiger partial charge in [-0.25, -0.2) is 13.9 Å². The van der Waals surface area contributed by atoms with Gasteiger partial charge < -0.3 is 19.7 Å². The highest BCUT2D eigenvalue weighted by Crippen LogP contribution is 2.38. The summed E-state index contributed by atoms with van der Waals surface area (Å²) in [5.41, 5.74) is 0.698. The Morgan fingerprint density at radius 2 is 1.96 bits per heavy atom. The molecule has 0 spiro atoms. The summed E-state index contributed by atoms with van der Waals surface area (Å²) in [6, 6.07) is 6.75. The summed E-state index contributed by atoms with van der Waals surface area (Å²) < 4.78 is 53.5. The highest BCUT2D eigenvalue weighted by molar-refractivity contribution is 6.09. The topological polar surface area (TPSA) is 146 Å². The van der Waals surface area contributed by atoms with Crippen molar-refractivity contribution in [3.8, 4) is 22.8 Å². The van der Waals surface area contributed by atoms with Gasteiger partial charge in [-0.1, -0.05) is 0 Å². The number of alkyl halides is 3. The van der Waals surface area contributed by atoms with E-state index in [0.717, 1.165) is 19.5 Å². The molecule has 1 amide bonds. The van der Waals surface area contributed by atoms with E-state index in [-0.39, 0.29) is 46.6 Å². The number of hydrogen-bond acceptors (Lipinski definition) is 11. The first-order valence-electron chi connectivity index (χ1n) is 15.9. The zero-order valence-electron chi connectivity index (χ0n) is 27.0. The normalized spacial score (nSPS) is 19.1. The number of benzene rings is 1. The summed E-state index contributed by atoms with van der Waals surface area (Å²) in [5.74, 6) is -0.434. The number of hydrogen-bond donors (Lipinski definition) is 1. The Morgan fingerprint density at radius 3 is 2.71 bits per heavy atom. The van der Waals surface area contributed by atoms with Crippen LogP contribution in [0.4, 0.5) is 18.9 Å². The lowest BCUT2D eigenvalue weighted by atomic mass is 10.0. The SMILES string of the molecule is CC(F)Oc1ccc(OC(F)F)c(-c2nn(Cc3nnn(C4CN(C5CCC(N(C)C)C5)C4)n3)cc2NC(=O)c2cnn3cccnc23)c1. The van der Waals surface area contributed by atoms with E-state index < -0.39 is 18.9 Å². The number of aromatic nitrogens is 9. The van der Waals surface area contributed by atoms with Crippen LogP contribution in [0.1, 0.15) is 48.4 Å². The third-order valence-electron chi connectivity index (χ3n) is 8.87. The molecule has 1 saturated heterocycles. The molecular weight excluding hydrogens is 645 g/mol. The molecule has 258 valence electrons. The minimum Gasteiger partial charge on any atom is -0.461 e. The van der Waals surface area contributed by atoms with Gasteiger partial charge in [-0.15, -0.1) is 10.2 Å². The van der Waals surface area contributed by atoms with E-state index in [1.54, 1.807) is 17.1 Å². The molecule has 5 aromatic rings. The van der Waals surface area contributed by atoms with Crippen molar-refractivity contribution in [1.82, 2.24) is 54.4 Å². The van der Waals surface area contributed by atoms with Crippen molar-refractivity contribution < 1.29 is 27.4 Å². The van der Waals surface area contributed by atoms with E-state index >= 15 is 0 Å². The number of nitrogens with one attached hydrogen (secondary N) is 1. The Balaban J connectivity index is 1.15. The zero-order chi connectivity index (χ0) is 34.2. The van der Waals surface area contributed by atoms with Gasteiger partial charge in [0.2, 0.25) is 6.36 Å². The third kappa shape index (κ3) is 6.91. The van der Waals surface area contributed by atoms with Gasteiger partial charge in [0.05, 0.1) is 23.5 Å². The first-order valence-corrected chi connectivity index (χ1v) is 15.9. The monoisotopic (exact) mass is 680 g/mol.